The lowest BCUT2D eigenvalue weighted by atomic mass is 10.1. The Morgan fingerprint density at radius 1 is 1.30 bits per heavy atom. The third-order valence-corrected chi connectivity index (χ3v) is 3.19. The number of guanidine groups is 1. The second-order valence-electron chi connectivity index (χ2n) is 6.51. The highest BCUT2D eigenvalue weighted by Gasteiger charge is 2.31. The maximum absolute atomic E-state index is 12.6. The van der Waals surface area contributed by atoms with Gasteiger partial charge in [-0.2, -0.15) is 13.2 Å². The molecule has 152 valence electrons. The lowest BCUT2D eigenvalue weighted by molar-refractivity contribution is -0.137. The maximum atomic E-state index is 12.6. The molecule has 7 nitrogen and oxygen atoms in total. The van der Waals surface area contributed by atoms with Gasteiger partial charge in [0.05, 0.1) is 18.7 Å². The number of halogens is 4. The zero-order chi connectivity index (χ0) is 20.7. The Morgan fingerprint density at radius 2 is 1.96 bits per heavy atom. The van der Waals surface area contributed by atoms with Crippen LogP contribution in [0.3, 0.4) is 0 Å². The zero-order valence-corrected chi connectivity index (χ0v) is 16.3. The molecule has 1 heterocycles. The Morgan fingerprint density at radius 3 is 2.48 bits per heavy atom. The van der Waals surface area contributed by atoms with Gasteiger partial charge in [0, 0.05) is 18.8 Å². The fourth-order valence-electron chi connectivity index (χ4n) is 1.85. The Balaban J connectivity index is 2.41. The van der Waals surface area contributed by atoms with E-state index in [0.717, 1.165) is 6.07 Å². The summed E-state index contributed by atoms with van der Waals surface area (Å²) >= 11 is 5.75. The third kappa shape index (κ3) is 8.80. The first kappa shape index (κ1) is 22.8. The fraction of sp³-hybridized carbons (Fsp3) is 0.562. The van der Waals surface area contributed by atoms with E-state index in [1.54, 1.807) is 0 Å². The van der Waals surface area contributed by atoms with Crippen molar-refractivity contribution < 1.29 is 22.7 Å². The number of aliphatic imine (C=N–C) groups is 1. The monoisotopic (exact) mass is 409 g/mol. The molecule has 0 saturated carbocycles. The van der Waals surface area contributed by atoms with Crippen LogP contribution >= 0.6 is 11.6 Å². The van der Waals surface area contributed by atoms with Crippen LogP contribution < -0.4 is 20.7 Å². The molecule has 0 aliphatic carbocycles. The normalized spacial score (nSPS) is 12.5. The number of hydrogen-bond acceptors (Lipinski definition) is 4. The Kier molecular flexibility index (Phi) is 8.14. The Hall–Kier alpha value is -2.23. The van der Waals surface area contributed by atoms with Gasteiger partial charge >= 0.3 is 6.18 Å². The average molecular weight is 410 g/mol. The average Bonchev–Trinajstić information content (AvgIpc) is 2.52. The summed E-state index contributed by atoms with van der Waals surface area (Å²) in [5.74, 6) is 0.0792. The quantitative estimate of drug-likeness (QED) is 0.381. The van der Waals surface area contributed by atoms with Crippen molar-refractivity contribution in [1.82, 2.24) is 20.9 Å². The SMILES string of the molecule is CN=C(NCCOc1ncc(C(F)(F)F)cc1Cl)NCC(=O)NC(C)(C)C. The van der Waals surface area contributed by atoms with E-state index in [1.165, 1.54) is 7.05 Å². The number of aromatic nitrogens is 1. The molecule has 1 aromatic rings. The van der Waals surface area contributed by atoms with Crippen LogP contribution in [0.5, 0.6) is 5.88 Å². The molecule has 0 aromatic carbocycles. The molecule has 0 saturated heterocycles. The summed E-state index contributed by atoms with van der Waals surface area (Å²) in [6.45, 7) is 5.98. The Bertz CT molecular complexity index is 675. The molecule has 11 heteroatoms. The number of pyridine rings is 1. The smallest absolute Gasteiger partial charge is 0.417 e. The van der Waals surface area contributed by atoms with Crippen LogP contribution in [0.15, 0.2) is 17.3 Å². The van der Waals surface area contributed by atoms with E-state index < -0.39 is 11.7 Å². The number of amides is 1. The van der Waals surface area contributed by atoms with Crippen molar-refractivity contribution in [3.8, 4) is 5.88 Å². The van der Waals surface area contributed by atoms with Crippen molar-refractivity contribution in [1.29, 1.82) is 0 Å². The molecule has 0 aliphatic heterocycles. The molecule has 1 aromatic heterocycles. The molecule has 3 N–H and O–H groups in total. The summed E-state index contributed by atoms with van der Waals surface area (Å²) in [5.41, 5.74) is -1.28. The molecule has 0 bridgehead atoms. The summed E-state index contributed by atoms with van der Waals surface area (Å²) in [6.07, 6.45) is -3.86. The van der Waals surface area contributed by atoms with E-state index in [1.807, 2.05) is 20.8 Å². The fourth-order valence-corrected chi connectivity index (χ4v) is 2.07. The highest BCUT2D eigenvalue weighted by molar-refractivity contribution is 6.31. The number of nitrogens with zero attached hydrogens (tertiary/aromatic N) is 2. The van der Waals surface area contributed by atoms with E-state index in [0.29, 0.717) is 12.2 Å². The van der Waals surface area contributed by atoms with Gasteiger partial charge in [0.2, 0.25) is 11.8 Å². The third-order valence-electron chi connectivity index (χ3n) is 2.92. The molecule has 0 unspecified atom stereocenters. The van der Waals surface area contributed by atoms with Gasteiger partial charge in [-0.3, -0.25) is 9.79 Å². The van der Waals surface area contributed by atoms with Gasteiger partial charge in [0.15, 0.2) is 5.96 Å². The summed E-state index contributed by atoms with van der Waals surface area (Å²) in [4.78, 5) is 19.3. The summed E-state index contributed by atoms with van der Waals surface area (Å²) < 4.78 is 42.9. The highest BCUT2D eigenvalue weighted by atomic mass is 35.5. The predicted molar refractivity (Wildman–Crippen MR) is 97.0 cm³/mol. The molecule has 0 radical (unpaired) electrons. The first-order chi connectivity index (χ1) is 12.4. The number of nitrogens with one attached hydrogen (secondary N) is 3. The second-order valence-corrected chi connectivity index (χ2v) is 6.92. The van der Waals surface area contributed by atoms with Crippen molar-refractivity contribution in [3.63, 3.8) is 0 Å². The number of hydrogen-bond donors (Lipinski definition) is 3. The van der Waals surface area contributed by atoms with Gasteiger partial charge in [-0.25, -0.2) is 4.98 Å². The minimum Gasteiger partial charge on any atom is -0.475 e. The minimum atomic E-state index is -4.52. The van der Waals surface area contributed by atoms with Crippen LogP contribution in [0, 0.1) is 0 Å². The number of carbonyl (C=O) groups is 1. The van der Waals surface area contributed by atoms with Crippen LogP contribution in [-0.2, 0) is 11.0 Å². The molecule has 0 spiro atoms. The first-order valence-corrected chi connectivity index (χ1v) is 8.41. The van der Waals surface area contributed by atoms with Gasteiger partial charge in [-0.1, -0.05) is 11.6 Å². The minimum absolute atomic E-state index is 0.0318. The number of rotatable bonds is 6. The van der Waals surface area contributed by atoms with Crippen molar-refractivity contribution in [2.24, 2.45) is 4.99 Å². The van der Waals surface area contributed by atoms with Crippen LogP contribution in [0.25, 0.3) is 0 Å². The Labute approximate surface area is 160 Å². The van der Waals surface area contributed by atoms with E-state index in [-0.39, 0.29) is 42.0 Å². The number of alkyl halides is 3. The number of carbonyl (C=O) groups excluding carboxylic acids is 1. The predicted octanol–water partition coefficient (Wildman–Crippen LogP) is 2.21. The van der Waals surface area contributed by atoms with E-state index >= 15 is 0 Å². The lowest BCUT2D eigenvalue weighted by Crippen LogP contribution is -2.48. The largest absolute Gasteiger partial charge is 0.475 e. The number of ether oxygens (including phenoxy) is 1. The molecular weight excluding hydrogens is 387 g/mol. The van der Waals surface area contributed by atoms with E-state index in [9.17, 15) is 18.0 Å². The van der Waals surface area contributed by atoms with Crippen molar-refractivity contribution in [3.05, 3.63) is 22.8 Å². The van der Waals surface area contributed by atoms with E-state index in [2.05, 4.69) is 25.9 Å². The molecule has 27 heavy (non-hydrogen) atoms. The second kappa shape index (κ2) is 9.63. The molecule has 0 atom stereocenters. The molecular formula is C16H23ClF3N5O2. The van der Waals surface area contributed by atoms with Gasteiger partial charge in [-0.05, 0) is 26.8 Å². The highest BCUT2D eigenvalue weighted by Crippen LogP contribution is 2.32. The van der Waals surface area contributed by atoms with Crippen LogP contribution in [0.1, 0.15) is 26.3 Å². The van der Waals surface area contributed by atoms with Crippen LogP contribution in [0.4, 0.5) is 13.2 Å². The molecule has 0 aliphatic rings. The van der Waals surface area contributed by atoms with Gasteiger partial charge in [0.1, 0.15) is 11.6 Å². The molecule has 0 fully saturated rings. The van der Waals surface area contributed by atoms with Crippen LogP contribution in [-0.4, -0.2) is 49.1 Å². The summed E-state index contributed by atoms with van der Waals surface area (Å²) in [5, 5.41) is 8.29. The maximum Gasteiger partial charge on any atom is 0.417 e. The lowest BCUT2D eigenvalue weighted by Gasteiger charge is -2.21. The van der Waals surface area contributed by atoms with Crippen LogP contribution in [0.2, 0.25) is 5.02 Å². The van der Waals surface area contributed by atoms with Crippen molar-refractivity contribution >= 4 is 23.5 Å². The summed E-state index contributed by atoms with van der Waals surface area (Å²) in [7, 11) is 1.53. The zero-order valence-electron chi connectivity index (χ0n) is 15.5. The van der Waals surface area contributed by atoms with Gasteiger partial charge in [-0.15, -0.1) is 0 Å². The topological polar surface area (TPSA) is 87.6 Å². The van der Waals surface area contributed by atoms with Gasteiger partial charge in [0.25, 0.3) is 0 Å². The van der Waals surface area contributed by atoms with Crippen molar-refractivity contribution in [2.75, 3.05) is 26.7 Å². The summed E-state index contributed by atoms with van der Waals surface area (Å²) in [6, 6.07) is 0.756. The first-order valence-electron chi connectivity index (χ1n) is 8.03. The van der Waals surface area contributed by atoms with Gasteiger partial charge < -0.3 is 20.7 Å². The molecule has 1 rings (SSSR count). The van der Waals surface area contributed by atoms with Crippen molar-refractivity contribution in [2.45, 2.75) is 32.5 Å². The standard InChI is InChI=1S/C16H23ClF3N5O2/c1-15(2,3)25-12(26)9-24-14(21-4)22-5-6-27-13-11(17)7-10(8-23-13)16(18,19)20/h7-8H,5-6,9H2,1-4H3,(H,25,26)(H2,21,22,24). The molecule has 1 amide bonds. The van der Waals surface area contributed by atoms with E-state index in [4.69, 9.17) is 16.3 Å².